The number of sulfone groups is 2. The van der Waals surface area contributed by atoms with E-state index < -0.39 is 24.3 Å². The summed E-state index contributed by atoms with van der Waals surface area (Å²) in [5, 5.41) is 0. The van der Waals surface area contributed by atoms with Crippen LogP contribution in [0.4, 0.5) is 0 Å². The Labute approximate surface area is 154 Å². The van der Waals surface area contributed by atoms with Crippen LogP contribution in [0, 0.1) is 0 Å². The maximum Gasteiger partial charge on any atom is 0.195 e. The lowest BCUT2D eigenvalue weighted by Gasteiger charge is -2.18. The molecular formula is C19H22O5S2. The molecule has 0 N–H and O–H groups in total. The number of hydrogen-bond acceptors (Lipinski definition) is 5. The first-order valence-corrected chi connectivity index (χ1v) is 11.7. The number of ether oxygens (including phenoxy) is 1. The summed E-state index contributed by atoms with van der Waals surface area (Å²) in [5.74, 6) is 0. The van der Waals surface area contributed by atoms with Crippen molar-refractivity contribution in [3.63, 3.8) is 0 Å². The van der Waals surface area contributed by atoms with Gasteiger partial charge >= 0.3 is 0 Å². The van der Waals surface area contributed by atoms with Crippen LogP contribution >= 0.6 is 0 Å². The second kappa shape index (κ2) is 7.90. The highest BCUT2D eigenvalue weighted by atomic mass is 32.3. The Hall–Kier alpha value is -1.70. The Kier molecular flexibility index (Phi) is 5.79. The molecule has 3 rings (SSSR count). The van der Waals surface area contributed by atoms with Crippen LogP contribution in [0.25, 0.3) is 0 Å². The Morgan fingerprint density at radius 2 is 1.27 bits per heavy atom. The first-order valence-electron chi connectivity index (χ1n) is 8.62. The van der Waals surface area contributed by atoms with Crippen LogP contribution in [-0.2, 0) is 24.4 Å². The molecule has 0 bridgehead atoms. The second-order valence-corrected chi connectivity index (χ2v) is 10.9. The molecule has 2 aromatic carbocycles. The smallest absolute Gasteiger partial charge is 0.195 e. The van der Waals surface area contributed by atoms with E-state index in [1.165, 1.54) is 24.3 Å². The molecule has 0 radical (unpaired) electrons. The van der Waals surface area contributed by atoms with Gasteiger partial charge in [-0.25, -0.2) is 16.8 Å². The lowest BCUT2D eigenvalue weighted by molar-refractivity contribution is 0.389. The van der Waals surface area contributed by atoms with Crippen LogP contribution in [0.3, 0.4) is 0 Å². The maximum atomic E-state index is 13.1. The molecular weight excluding hydrogens is 372 g/mol. The van der Waals surface area contributed by atoms with Crippen molar-refractivity contribution in [3.8, 4) is 0 Å². The predicted octanol–water partition coefficient (Wildman–Crippen LogP) is 3.22. The lowest BCUT2D eigenvalue weighted by atomic mass is 10.2. The van der Waals surface area contributed by atoms with Crippen molar-refractivity contribution in [2.75, 3.05) is 6.61 Å². The fourth-order valence-corrected chi connectivity index (χ4v) is 7.55. The molecule has 1 aliphatic rings. The maximum absolute atomic E-state index is 13.1. The first kappa shape index (κ1) is 19.1. The fourth-order valence-electron chi connectivity index (χ4n) is 2.92. The van der Waals surface area contributed by atoms with Gasteiger partial charge < -0.3 is 4.74 Å². The van der Waals surface area contributed by atoms with Crippen molar-refractivity contribution < 1.29 is 21.6 Å². The minimum Gasteiger partial charge on any atom is -0.373 e. The molecule has 7 heteroatoms. The van der Waals surface area contributed by atoms with Crippen LogP contribution in [0.15, 0.2) is 70.5 Å². The van der Waals surface area contributed by atoms with Gasteiger partial charge in [0.1, 0.15) is 0 Å². The minimum atomic E-state index is -4.01. The Morgan fingerprint density at radius 1 is 0.808 bits per heavy atom. The Morgan fingerprint density at radius 3 is 1.69 bits per heavy atom. The van der Waals surface area contributed by atoms with Gasteiger partial charge in [-0.05, 0) is 37.1 Å². The highest BCUT2D eigenvalue weighted by Crippen LogP contribution is 2.30. The fraction of sp³-hybridized carbons (Fsp3) is 0.368. The van der Waals surface area contributed by atoms with Crippen LogP contribution in [0.2, 0.25) is 0 Å². The standard InChI is InChI=1S/C19H22O5S2/c20-25(21,17-10-3-1-4-11-17)19(14-8-7-9-16-15-24-16)26(22,23)18-12-5-2-6-13-18/h1-6,10-13,16,19H,7-9,14-15H2. The summed E-state index contributed by atoms with van der Waals surface area (Å²) >= 11 is 0. The molecule has 1 unspecified atom stereocenters. The molecule has 0 amide bonds. The van der Waals surface area contributed by atoms with Crippen molar-refractivity contribution in [2.24, 2.45) is 0 Å². The molecule has 0 saturated carbocycles. The van der Waals surface area contributed by atoms with Crippen molar-refractivity contribution >= 4 is 19.7 Å². The number of rotatable bonds is 9. The van der Waals surface area contributed by atoms with Gasteiger partial charge in [-0.3, -0.25) is 0 Å². The molecule has 1 aliphatic heterocycles. The zero-order chi connectivity index (χ0) is 18.6. The number of unbranched alkanes of at least 4 members (excludes halogenated alkanes) is 1. The van der Waals surface area contributed by atoms with Gasteiger partial charge in [-0.2, -0.15) is 0 Å². The molecule has 1 saturated heterocycles. The number of benzene rings is 2. The molecule has 0 spiro atoms. The largest absolute Gasteiger partial charge is 0.373 e. The summed E-state index contributed by atoms with van der Waals surface area (Å²) < 4.78 is 56.0. The van der Waals surface area contributed by atoms with E-state index in [4.69, 9.17) is 4.74 Å². The molecule has 26 heavy (non-hydrogen) atoms. The van der Waals surface area contributed by atoms with Crippen molar-refractivity contribution in [1.29, 1.82) is 0 Å². The van der Waals surface area contributed by atoms with E-state index in [2.05, 4.69) is 0 Å². The van der Waals surface area contributed by atoms with Gasteiger partial charge in [0.2, 0.25) is 0 Å². The summed E-state index contributed by atoms with van der Waals surface area (Å²) in [5.41, 5.74) is 0. The quantitative estimate of drug-likeness (QED) is 0.482. The van der Waals surface area contributed by atoms with Crippen LogP contribution < -0.4 is 0 Å². The Balaban J connectivity index is 1.90. The molecule has 2 aromatic rings. The minimum absolute atomic E-state index is 0.0371. The number of epoxide rings is 1. The van der Waals surface area contributed by atoms with E-state index in [0.717, 1.165) is 19.4 Å². The van der Waals surface area contributed by atoms with Gasteiger partial charge in [-0.15, -0.1) is 0 Å². The van der Waals surface area contributed by atoms with Gasteiger partial charge in [0.05, 0.1) is 22.5 Å². The molecule has 0 aliphatic carbocycles. The average molecular weight is 395 g/mol. The second-order valence-electron chi connectivity index (χ2n) is 6.39. The molecule has 1 fully saturated rings. The molecule has 140 valence electrons. The highest BCUT2D eigenvalue weighted by Gasteiger charge is 2.39. The SMILES string of the molecule is O=S(=O)(c1ccccc1)C(CCCCC1CO1)S(=O)(=O)c1ccccc1. The van der Waals surface area contributed by atoms with Gasteiger partial charge in [0, 0.05) is 0 Å². The molecule has 5 nitrogen and oxygen atoms in total. The predicted molar refractivity (Wildman–Crippen MR) is 99.3 cm³/mol. The molecule has 0 aromatic heterocycles. The van der Waals surface area contributed by atoms with Crippen molar-refractivity contribution in [3.05, 3.63) is 60.7 Å². The van der Waals surface area contributed by atoms with Crippen LogP contribution in [-0.4, -0.2) is 34.1 Å². The average Bonchev–Trinajstić information content (AvgIpc) is 3.47. The zero-order valence-corrected chi connectivity index (χ0v) is 16.0. The summed E-state index contributed by atoms with van der Waals surface area (Å²) in [7, 11) is -8.02. The Bertz CT molecular complexity index is 849. The number of hydrogen-bond donors (Lipinski definition) is 0. The van der Waals surface area contributed by atoms with Crippen LogP contribution in [0.5, 0.6) is 0 Å². The third kappa shape index (κ3) is 4.34. The van der Waals surface area contributed by atoms with E-state index in [-0.39, 0.29) is 22.3 Å². The molecule has 1 atom stereocenters. The highest BCUT2D eigenvalue weighted by molar-refractivity contribution is 8.09. The lowest BCUT2D eigenvalue weighted by Crippen LogP contribution is -2.31. The van der Waals surface area contributed by atoms with Gasteiger partial charge in [0.25, 0.3) is 0 Å². The van der Waals surface area contributed by atoms with E-state index in [1.54, 1.807) is 36.4 Å². The summed E-state index contributed by atoms with van der Waals surface area (Å²) in [6.07, 6.45) is 2.42. The summed E-state index contributed by atoms with van der Waals surface area (Å²) in [4.78, 5) is 0.0741. The van der Waals surface area contributed by atoms with Crippen LogP contribution in [0.1, 0.15) is 25.7 Å². The topological polar surface area (TPSA) is 80.8 Å². The normalized spacial score (nSPS) is 17.3. The zero-order valence-electron chi connectivity index (χ0n) is 14.3. The summed E-state index contributed by atoms with van der Waals surface area (Å²) in [6, 6.07) is 15.6. The van der Waals surface area contributed by atoms with Crippen molar-refractivity contribution in [1.82, 2.24) is 0 Å². The van der Waals surface area contributed by atoms with E-state index in [0.29, 0.717) is 6.42 Å². The third-order valence-corrected chi connectivity index (χ3v) is 9.69. The third-order valence-electron chi connectivity index (χ3n) is 4.45. The monoisotopic (exact) mass is 394 g/mol. The van der Waals surface area contributed by atoms with E-state index >= 15 is 0 Å². The van der Waals surface area contributed by atoms with Gasteiger partial charge in [-0.1, -0.05) is 49.2 Å². The summed E-state index contributed by atoms with van der Waals surface area (Å²) in [6.45, 7) is 0.744. The first-order chi connectivity index (χ1) is 12.4. The van der Waals surface area contributed by atoms with Crippen molar-refractivity contribution in [2.45, 2.75) is 46.2 Å². The van der Waals surface area contributed by atoms with E-state index in [9.17, 15) is 16.8 Å². The van der Waals surface area contributed by atoms with Gasteiger partial charge in [0.15, 0.2) is 24.3 Å². The molecule has 1 heterocycles. The van der Waals surface area contributed by atoms with E-state index in [1.807, 2.05) is 0 Å².